The van der Waals surface area contributed by atoms with Gasteiger partial charge in [0, 0.05) is 32.0 Å². The van der Waals surface area contributed by atoms with E-state index >= 15 is 0 Å². The van der Waals surface area contributed by atoms with Crippen LogP contribution in [0.5, 0.6) is 0 Å². The van der Waals surface area contributed by atoms with Gasteiger partial charge in [-0.2, -0.15) is 18.3 Å². The van der Waals surface area contributed by atoms with Crippen molar-refractivity contribution in [1.29, 1.82) is 0 Å². The Morgan fingerprint density at radius 1 is 1.06 bits per heavy atom. The van der Waals surface area contributed by atoms with Crippen LogP contribution >= 0.6 is 0 Å². The molecule has 1 aromatic heterocycles. The first kappa shape index (κ1) is 22.4. The maximum atomic E-state index is 13.7. The molecular formula is C22H24F3N5O. The van der Waals surface area contributed by atoms with Crippen LogP contribution in [0.25, 0.3) is 5.69 Å². The predicted molar refractivity (Wildman–Crippen MR) is 113 cm³/mol. The number of hydrogen-bond acceptors (Lipinski definition) is 3. The van der Waals surface area contributed by atoms with E-state index in [1.54, 1.807) is 12.3 Å². The van der Waals surface area contributed by atoms with Gasteiger partial charge in [0.05, 0.1) is 16.9 Å². The van der Waals surface area contributed by atoms with Crippen LogP contribution in [0.1, 0.15) is 11.1 Å². The van der Waals surface area contributed by atoms with Crippen LogP contribution in [0.2, 0.25) is 0 Å². The first-order valence-electron chi connectivity index (χ1n) is 9.70. The molecule has 2 aromatic carbocycles. The lowest BCUT2D eigenvalue weighted by Crippen LogP contribution is -2.39. The third-order valence-corrected chi connectivity index (χ3v) is 4.64. The third kappa shape index (κ3) is 6.08. The van der Waals surface area contributed by atoms with Crippen molar-refractivity contribution in [3.05, 3.63) is 78.1 Å². The number of benzene rings is 2. The zero-order valence-electron chi connectivity index (χ0n) is 17.3. The number of halogens is 3. The SMILES string of the molecule is CN(C)CCN(Cc1ccccc1)C(=O)Nc1ccc(-n2cccn2)cc1C(F)(F)F. The number of nitrogens with zero attached hydrogens (tertiary/aromatic N) is 4. The van der Waals surface area contributed by atoms with E-state index in [2.05, 4.69) is 10.4 Å². The van der Waals surface area contributed by atoms with E-state index in [9.17, 15) is 18.0 Å². The highest BCUT2D eigenvalue weighted by atomic mass is 19.4. The Kier molecular flexibility index (Phi) is 6.96. The highest BCUT2D eigenvalue weighted by Gasteiger charge is 2.35. The van der Waals surface area contributed by atoms with E-state index in [0.29, 0.717) is 13.1 Å². The Morgan fingerprint density at radius 2 is 1.81 bits per heavy atom. The molecule has 1 N–H and O–H groups in total. The Labute approximate surface area is 178 Å². The molecular weight excluding hydrogens is 407 g/mol. The minimum absolute atomic E-state index is 0.254. The lowest BCUT2D eigenvalue weighted by molar-refractivity contribution is -0.136. The van der Waals surface area contributed by atoms with Gasteiger partial charge in [-0.25, -0.2) is 9.48 Å². The number of likely N-dealkylation sites (N-methyl/N-ethyl adjacent to an activating group) is 1. The number of alkyl halides is 3. The molecule has 0 spiro atoms. The molecule has 0 bridgehead atoms. The number of aromatic nitrogens is 2. The molecule has 3 aromatic rings. The van der Waals surface area contributed by atoms with E-state index in [1.165, 1.54) is 27.9 Å². The van der Waals surface area contributed by atoms with Crippen molar-refractivity contribution in [1.82, 2.24) is 19.6 Å². The van der Waals surface area contributed by atoms with Crippen molar-refractivity contribution in [2.75, 3.05) is 32.5 Å². The summed E-state index contributed by atoms with van der Waals surface area (Å²) in [5.41, 5.74) is -0.0806. The molecule has 0 saturated carbocycles. The zero-order valence-corrected chi connectivity index (χ0v) is 17.3. The zero-order chi connectivity index (χ0) is 22.4. The molecule has 9 heteroatoms. The third-order valence-electron chi connectivity index (χ3n) is 4.64. The van der Waals surface area contributed by atoms with Crippen molar-refractivity contribution >= 4 is 11.7 Å². The molecule has 0 aliphatic carbocycles. The number of anilines is 1. The number of nitrogens with one attached hydrogen (secondary N) is 1. The normalized spacial score (nSPS) is 11.5. The number of rotatable bonds is 7. The lowest BCUT2D eigenvalue weighted by Gasteiger charge is -2.26. The van der Waals surface area contributed by atoms with E-state index in [1.807, 2.05) is 49.3 Å². The van der Waals surface area contributed by atoms with Crippen LogP contribution in [0, 0.1) is 0 Å². The summed E-state index contributed by atoms with van der Waals surface area (Å²) in [5.74, 6) is 0. The summed E-state index contributed by atoms with van der Waals surface area (Å²) < 4.78 is 42.5. The number of carbonyl (C=O) groups excluding carboxylic acids is 1. The summed E-state index contributed by atoms with van der Waals surface area (Å²) in [6.45, 7) is 1.22. The van der Waals surface area contributed by atoms with E-state index in [0.717, 1.165) is 11.6 Å². The maximum Gasteiger partial charge on any atom is 0.418 e. The van der Waals surface area contributed by atoms with E-state index in [4.69, 9.17) is 0 Å². The first-order valence-corrected chi connectivity index (χ1v) is 9.70. The van der Waals surface area contributed by atoms with E-state index < -0.39 is 17.8 Å². The molecule has 0 unspecified atom stereocenters. The van der Waals surface area contributed by atoms with Crippen molar-refractivity contribution in [3.8, 4) is 5.69 Å². The molecule has 0 saturated heterocycles. The highest BCUT2D eigenvalue weighted by molar-refractivity contribution is 5.90. The fraction of sp³-hybridized carbons (Fsp3) is 0.273. The summed E-state index contributed by atoms with van der Waals surface area (Å²) in [5, 5.41) is 6.42. The van der Waals surface area contributed by atoms with Gasteiger partial charge in [0.15, 0.2) is 0 Å². The molecule has 6 nitrogen and oxygen atoms in total. The molecule has 3 rings (SSSR count). The average molecular weight is 431 g/mol. The van der Waals surface area contributed by atoms with Crippen molar-refractivity contribution in [2.45, 2.75) is 12.7 Å². The minimum Gasteiger partial charge on any atom is -0.319 e. The smallest absolute Gasteiger partial charge is 0.319 e. The predicted octanol–water partition coefficient (Wildman–Crippen LogP) is 4.49. The lowest BCUT2D eigenvalue weighted by atomic mass is 10.1. The van der Waals surface area contributed by atoms with Gasteiger partial charge in [-0.3, -0.25) is 0 Å². The van der Waals surface area contributed by atoms with Crippen LogP contribution < -0.4 is 5.32 Å². The maximum absolute atomic E-state index is 13.7. The van der Waals surface area contributed by atoms with Crippen molar-refractivity contribution < 1.29 is 18.0 Å². The summed E-state index contributed by atoms with van der Waals surface area (Å²) in [6.07, 6.45) is -1.61. The van der Waals surface area contributed by atoms with Gasteiger partial charge in [0.1, 0.15) is 0 Å². The summed E-state index contributed by atoms with van der Waals surface area (Å²) in [7, 11) is 3.74. The van der Waals surface area contributed by atoms with Crippen LogP contribution in [0.15, 0.2) is 67.0 Å². The summed E-state index contributed by atoms with van der Waals surface area (Å²) in [6, 6.07) is 14.1. The Bertz CT molecular complexity index is 988. The van der Waals surface area contributed by atoms with Gasteiger partial charge in [-0.15, -0.1) is 0 Å². The number of hydrogen-bond donors (Lipinski definition) is 1. The minimum atomic E-state index is -4.64. The van der Waals surface area contributed by atoms with Crippen LogP contribution in [-0.4, -0.2) is 52.8 Å². The van der Waals surface area contributed by atoms with Gasteiger partial charge in [-0.05, 0) is 43.9 Å². The van der Waals surface area contributed by atoms with E-state index in [-0.39, 0.29) is 17.9 Å². The quantitative estimate of drug-likeness (QED) is 0.600. The second-order valence-corrected chi connectivity index (χ2v) is 7.32. The second kappa shape index (κ2) is 9.65. The molecule has 0 fully saturated rings. The Hall–Kier alpha value is -3.33. The molecule has 31 heavy (non-hydrogen) atoms. The summed E-state index contributed by atoms with van der Waals surface area (Å²) in [4.78, 5) is 16.3. The van der Waals surface area contributed by atoms with Gasteiger partial charge in [0.25, 0.3) is 0 Å². The summed E-state index contributed by atoms with van der Waals surface area (Å²) >= 11 is 0. The Morgan fingerprint density at radius 3 is 2.42 bits per heavy atom. The molecule has 0 aliphatic rings. The molecule has 0 aliphatic heterocycles. The monoisotopic (exact) mass is 431 g/mol. The van der Waals surface area contributed by atoms with Gasteiger partial charge in [-0.1, -0.05) is 30.3 Å². The molecule has 164 valence electrons. The fourth-order valence-corrected chi connectivity index (χ4v) is 3.01. The van der Waals surface area contributed by atoms with Gasteiger partial charge in [0.2, 0.25) is 0 Å². The molecule has 1 heterocycles. The number of amides is 2. The largest absolute Gasteiger partial charge is 0.418 e. The van der Waals surface area contributed by atoms with Crippen molar-refractivity contribution in [3.63, 3.8) is 0 Å². The molecule has 0 radical (unpaired) electrons. The van der Waals surface area contributed by atoms with Crippen LogP contribution in [-0.2, 0) is 12.7 Å². The molecule has 0 atom stereocenters. The fourth-order valence-electron chi connectivity index (χ4n) is 3.01. The van der Waals surface area contributed by atoms with Crippen LogP contribution in [0.4, 0.5) is 23.7 Å². The average Bonchev–Trinajstić information content (AvgIpc) is 3.26. The number of carbonyl (C=O) groups is 1. The highest BCUT2D eigenvalue weighted by Crippen LogP contribution is 2.36. The standard InChI is InChI=1S/C22H24F3N5O/c1-28(2)13-14-29(16-17-7-4-3-5-8-17)21(31)27-20-10-9-18(30-12-6-11-26-30)15-19(20)22(23,24)25/h3-12,15H,13-14,16H2,1-2H3,(H,27,31). The second-order valence-electron chi connectivity index (χ2n) is 7.32. The Balaban J connectivity index is 1.86. The van der Waals surface area contributed by atoms with Gasteiger partial charge >= 0.3 is 12.2 Å². The first-order chi connectivity index (χ1) is 14.7. The number of urea groups is 1. The topological polar surface area (TPSA) is 53.4 Å². The van der Waals surface area contributed by atoms with Gasteiger partial charge < -0.3 is 15.1 Å². The van der Waals surface area contributed by atoms with Crippen LogP contribution in [0.3, 0.4) is 0 Å². The molecule has 2 amide bonds. The van der Waals surface area contributed by atoms with Crippen molar-refractivity contribution in [2.24, 2.45) is 0 Å².